The topological polar surface area (TPSA) is 12.0 Å². The fraction of sp³-hybridized carbons (Fsp3) is 0.556. The summed E-state index contributed by atoms with van der Waals surface area (Å²) in [5.41, 5.74) is 3.00. The van der Waals surface area contributed by atoms with Gasteiger partial charge in [0.1, 0.15) is 0 Å². The van der Waals surface area contributed by atoms with Crippen LogP contribution in [0.4, 0.5) is 0 Å². The molecular formula is C18H27N. The summed E-state index contributed by atoms with van der Waals surface area (Å²) in [7, 11) is 0. The van der Waals surface area contributed by atoms with E-state index in [1.165, 1.54) is 18.4 Å². The molecule has 1 aliphatic carbocycles. The maximum atomic E-state index is 3.67. The van der Waals surface area contributed by atoms with Gasteiger partial charge in [0.25, 0.3) is 0 Å². The number of rotatable bonds is 5. The van der Waals surface area contributed by atoms with Crippen molar-refractivity contribution < 1.29 is 0 Å². The molecule has 0 radical (unpaired) electrons. The van der Waals surface area contributed by atoms with Gasteiger partial charge in [0.05, 0.1) is 0 Å². The van der Waals surface area contributed by atoms with Crippen molar-refractivity contribution in [1.29, 1.82) is 0 Å². The second-order valence-electron chi connectivity index (χ2n) is 6.27. The molecule has 1 aromatic carbocycles. The summed E-state index contributed by atoms with van der Waals surface area (Å²) in [5, 5.41) is 3.67. The summed E-state index contributed by atoms with van der Waals surface area (Å²) >= 11 is 0. The Morgan fingerprint density at radius 3 is 2.68 bits per heavy atom. The third kappa shape index (κ3) is 4.50. The first-order chi connectivity index (χ1) is 9.15. The standard InChI is InChI=1S/C18H27N/c1-14-9-15(2)11-17(10-14)13-19-12-16(3)18-7-5-4-6-8-18/h4-9,14,16-17,19H,10-13H2,1-3H3. The van der Waals surface area contributed by atoms with E-state index in [1.54, 1.807) is 5.57 Å². The van der Waals surface area contributed by atoms with Crippen LogP contribution in [-0.4, -0.2) is 13.1 Å². The Morgan fingerprint density at radius 2 is 2.00 bits per heavy atom. The van der Waals surface area contributed by atoms with Gasteiger partial charge in [-0.1, -0.05) is 55.8 Å². The van der Waals surface area contributed by atoms with Crippen molar-refractivity contribution in [2.24, 2.45) is 11.8 Å². The molecule has 19 heavy (non-hydrogen) atoms. The molecule has 1 aromatic rings. The monoisotopic (exact) mass is 257 g/mol. The zero-order valence-electron chi connectivity index (χ0n) is 12.5. The lowest BCUT2D eigenvalue weighted by atomic mass is 9.83. The van der Waals surface area contributed by atoms with Gasteiger partial charge in [0.15, 0.2) is 0 Å². The minimum Gasteiger partial charge on any atom is -0.316 e. The van der Waals surface area contributed by atoms with Crippen LogP contribution in [0.3, 0.4) is 0 Å². The van der Waals surface area contributed by atoms with E-state index in [9.17, 15) is 0 Å². The Balaban J connectivity index is 1.74. The minimum atomic E-state index is 0.596. The van der Waals surface area contributed by atoms with Crippen LogP contribution in [0.15, 0.2) is 42.0 Å². The maximum absolute atomic E-state index is 3.67. The van der Waals surface area contributed by atoms with Crippen LogP contribution in [0, 0.1) is 11.8 Å². The van der Waals surface area contributed by atoms with E-state index in [4.69, 9.17) is 0 Å². The molecule has 0 aromatic heterocycles. The summed E-state index contributed by atoms with van der Waals surface area (Å²) in [6, 6.07) is 10.8. The molecule has 0 spiro atoms. The Hall–Kier alpha value is -1.08. The van der Waals surface area contributed by atoms with E-state index >= 15 is 0 Å². The van der Waals surface area contributed by atoms with Crippen molar-refractivity contribution in [3.05, 3.63) is 47.5 Å². The van der Waals surface area contributed by atoms with Crippen LogP contribution >= 0.6 is 0 Å². The van der Waals surface area contributed by atoms with Gasteiger partial charge >= 0.3 is 0 Å². The average Bonchev–Trinajstić information content (AvgIpc) is 2.38. The summed E-state index contributed by atoms with van der Waals surface area (Å²) in [4.78, 5) is 0. The first-order valence-electron chi connectivity index (χ1n) is 7.58. The van der Waals surface area contributed by atoms with Crippen LogP contribution in [0.25, 0.3) is 0 Å². The molecule has 0 aliphatic heterocycles. The highest BCUT2D eigenvalue weighted by Gasteiger charge is 2.17. The van der Waals surface area contributed by atoms with Crippen LogP contribution in [0.5, 0.6) is 0 Å². The number of nitrogens with one attached hydrogen (secondary N) is 1. The van der Waals surface area contributed by atoms with Crippen molar-refractivity contribution in [2.45, 2.75) is 39.5 Å². The summed E-state index contributed by atoms with van der Waals surface area (Å²) < 4.78 is 0. The quantitative estimate of drug-likeness (QED) is 0.772. The predicted octanol–water partition coefficient (Wildman–Crippen LogP) is 4.37. The van der Waals surface area contributed by atoms with Gasteiger partial charge in [-0.15, -0.1) is 0 Å². The molecule has 104 valence electrons. The van der Waals surface area contributed by atoms with Crippen molar-refractivity contribution >= 4 is 0 Å². The first kappa shape index (κ1) is 14.3. The second-order valence-corrected chi connectivity index (χ2v) is 6.27. The molecule has 3 atom stereocenters. The highest BCUT2D eigenvalue weighted by atomic mass is 14.9. The number of hydrogen-bond donors (Lipinski definition) is 1. The molecule has 1 aliphatic rings. The fourth-order valence-electron chi connectivity index (χ4n) is 3.25. The van der Waals surface area contributed by atoms with E-state index in [-0.39, 0.29) is 0 Å². The lowest BCUT2D eigenvalue weighted by Gasteiger charge is -2.26. The maximum Gasteiger partial charge on any atom is 0.00176 e. The molecule has 1 heteroatoms. The smallest absolute Gasteiger partial charge is 0.00176 e. The molecule has 0 amide bonds. The van der Waals surface area contributed by atoms with E-state index in [2.05, 4.69) is 62.5 Å². The largest absolute Gasteiger partial charge is 0.316 e. The predicted molar refractivity (Wildman–Crippen MR) is 83.4 cm³/mol. The molecule has 2 rings (SSSR count). The van der Waals surface area contributed by atoms with E-state index < -0.39 is 0 Å². The molecular weight excluding hydrogens is 230 g/mol. The van der Waals surface area contributed by atoms with Crippen molar-refractivity contribution in [1.82, 2.24) is 5.32 Å². The summed E-state index contributed by atoms with van der Waals surface area (Å²) in [5.74, 6) is 2.17. The molecule has 0 saturated heterocycles. The van der Waals surface area contributed by atoms with Crippen LogP contribution in [-0.2, 0) is 0 Å². The zero-order chi connectivity index (χ0) is 13.7. The average molecular weight is 257 g/mol. The van der Waals surface area contributed by atoms with E-state index in [0.717, 1.165) is 24.9 Å². The van der Waals surface area contributed by atoms with Crippen LogP contribution < -0.4 is 5.32 Å². The molecule has 0 saturated carbocycles. The highest BCUT2D eigenvalue weighted by Crippen LogP contribution is 2.27. The summed E-state index contributed by atoms with van der Waals surface area (Å²) in [6.07, 6.45) is 5.05. The van der Waals surface area contributed by atoms with Crippen molar-refractivity contribution in [3.63, 3.8) is 0 Å². The second kappa shape index (κ2) is 6.91. The Kier molecular flexibility index (Phi) is 5.21. The molecule has 0 bridgehead atoms. The molecule has 1 nitrogen and oxygen atoms in total. The van der Waals surface area contributed by atoms with Crippen LogP contribution in [0.1, 0.15) is 45.1 Å². The SMILES string of the molecule is CC1=CC(C)CC(CNCC(C)c2ccccc2)C1. The van der Waals surface area contributed by atoms with Gasteiger partial charge in [-0.25, -0.2) is 0 Å². The number of hydrogen-bond acceptors (Lipinski definition) is 1. The minimum absolute atomic E-state index is 0.596. The molecule has 0 fully saturated rings. The van der Waals surface area contributed by atoms with Crippen LogP contribution in [0.2, 0.25) is 0 Å². The van der Waals surface area contributed by atoms with Gasteiger partial charge in [0.2, 0.25) is 0 Å². The van der Waals surface area contributed by atoms with Gasteiger partial charge in [-0.05, 0) is 49.6 Å². The van der Waals surface area contributed by atoms with E-state index in [0.29, 0.717) is 5.92 Å². The highest BCUT2D eigenvalue weighted by molar-refractivity contribution is 5.19. The van der Waals surface area contributed by atoms with Gasteiger partial charge < -0.3 is 5.32 Å². The zero-order valence-corrected chi connectivity index (χ0v) is 12.5. The fourth-order valence-corrected chi connectivity index (χ4v) is 3.25. The third-order valence-electron chi connectivity index (χ3n) is 4.14. The Bertz CT molecular complexity index is 407. The Morgan fingerprint density at radius 1 is 1.26 bits per heavy atom. The van der Waals surface area contributed by atoms with Gasteiger partial charge in [-0.3, -0.25) is 0 Å². The lowest BCUT2D eigenvalue weighted by Crippen LogP contribution is -2.28. The molecule has 0 heterocycles. The lowest BCUT2D eigenvalue weighted by molar-refractivity contribution is 0.378. The van der Waals surface area contributed by atoms with Gasteiger partial charge in [-0.2, -0.15) is 0 Å². The van der Waals surface area contributed by atoms with Crippen molar-refractivity contribution in [2.75, 3.05) is 13.1 Å². The Labute approximate surface area is 118 Å². The number of benzene rings is 1. The van der Waals surface area contributed by atoms with E-state index in [1.807, 2.05) is 0 Å². The van der Waals surface area contributed by atoms with Crippen molar-refractivity contribution in [3.8, 4) is 0 Å². The summed E-state index contributed by atoms with van der Waals surface area (Å²) in [6.45, 7) is 9.15. The normalized spacial score (nSPS) is 24.9. The van der Waals surface area contributed by atoms with Gasteiger partial charge in [0, 0.05) is 6.54 Å². The first-order valence-corrected chi connectivity index (χ1v) is 7.58. The molecule has 3 unspecified atom stereocenters. The molecule has 1 N–H and O–H groups in total. The third-order valence-corrected chi connectivity index (χ3v) is 4.14. The number of allylic oxidation sites excluding steroid dienone is 2.